The van der Waals surface area contributed by atoms with Crippen LogP contribution in [0.3, 0.4) is 0 Å². The lowest BCUT2D eigenvalue weighted by Gasteiger charge is -2.36. The number of nitrogens with one attached hydrogen (secondary N) is 2. The fourth-order valence-corrected chi connectivity index (χ4v) is 6.73. The predicted octanol–water partition coefficient (Wildman–Crippen LogP) is 5.30. The van der Waals surface area contributed by atoms with Crippen LogP contribution in [0.4, 0.5) is 18.9 Å². The number of halogens is 4. The Balaban J connectivity index is 1.27. The van der Waals surface area contributed by atoms with Gasteiger partial charge in [-0.25, -0.2) is 0 Å². The second kappa shape index (κ2) is 10.4. The van der Waals surface area contributed by atoms with E-state index in [4.69, 9.17) is 0 Å². The molecule has 2 aromatic carbocycles. The summed E-state index contributed by atoms with van der Waals surface area (Å²) in [6, 6.07) is 8.88. The van der Waals surface area contributed by atoms with Crippen LogP contribution in [0.1, 0.15) is 29.5 Å². The van der Waals surface area contributed by atoms with Crippen LogP contribution in [-0.2, 0) is 12.6 Å². The van der Waals surface area contributed by atoms with Gasteiger partial charge < -0.3 is 15.5 Å². The number of fused-ring (bicyclic) bond motifs is 2. The standard InChI is InChI=1S/C25H30BrF3N4S/c26-19-2-1-17-13-21-22(14-18(25(27,28)29)15-24(21)34-23(17)16-19)31-20-3-7-32(8-4-20)11-12-33-9-5-30-6-10-33/h1-2,14-16,20,30-31H,3-13H2. The molecule has 0 radical (unpaired) electrons. The summed E-state index contributed by atoms with van der Waals surface area (Å²) >= 11 is 4.92. The summed E-state index contributed by atoms with van der Waals surface area (Å²) in [5, 5.41) is 6.91. The Labute approximate surface area is 211 Å². The fraction of sp³-hybridized carbons (Fsp3) is 0.520. The molecule has 2 fully saturated rings. The Morgan fingerprint density at radius 2 is 1.68 bits per heavy atom. The third-order valence-electron chi connectivity index (χ3n) is 7.04. The fourth-order valence-electron chi connectivity index (χ4n) is 5.03. The van der Waals surface area contributed by atoms with Crippen LogP contribution in [0.15, 0.2) is 44.6 Å². The number of hydrogen-bond acceptors (Lipinski definition) is 5. The van der Waals surface area contributed by atoms with E-state index in [1.165, 1.54) is 23.9 Å². The average Bonchev–Trinajstić information content (AvgIpc) is 2.82. The first kappa shape index (κ1) is 24.4. The number of anilines is 1. The predicted molar refractivity (Wildman–Crippen MR) is 135 cm³/mol. The topological polar surface area (TPSA) is 30.5 Å². The lowest BCUT2D eigenvalue weighted by atomic mass is 9.98. The third-order valence-corrected chi connectivity index (χ3v) is 8.72. The van der Waals surface area contributed by atoms with E-state index in [2.05, 4.69) is 42.4 Å². The van der Waals surface area contributed by atoms with Crippen molar-refractivity contribution in [1.29, 1.82) is 0 Å². The Hall–Kier alpha value is -1.26. The molecule has 0 aromatic heterocycles. The van der Waals surface area contributed by atoms with Gasteiger partial charge in [0, 0.05) is 84.8 Å². The van der Waals surface area contributed by atoms with E-state index >= 15 is 0 Å². The Morgan fingerprint density at radius 1 is 0.971 bits per heavy atom. The highest BCUT2D eigenvalue weighted by molar-refractivity contribution is 9.10. The summed E-state index contributed by atoms with van der Waals surface area (Å²) in [5.74, 6) is 0. The maximum atomic E-state index is 13.7. The Kier molecular flexibility index (Phi) is 7.46. The molecular formula is C25H30BrF3N4S. The molecule has 0 aliphatic carbocycles. The normalized spacial score (nSPS) is 20.1. The highest BCUT2D eigenvalue weighted by Crippen LogP contribution is 2.46. The summed E-state index contributed by atoms with van der Waals surface area (Å²) < 4.78 is 42.1. The van der Waals surface area contributed by atoms with Crippen molar-refractivity contribution in [3.8, 4) is 0 Å². The summed E-state index contributed by atoms with van der Waals surface area (Å²) in [6.07, 6.45) is -1.82. The molecule has 0 saturated carbocycles. The molecule has 0 bridgehead atoms. The van der Waals surface area contributed by atoms with Crippen LogP contribution in [0.5, 0.6) is 0 Å². The van der Waals surface area contributed by atoms with Crippen molar-refractivity contribution in [2.75, 3.05) is 57.7 Å². The first-order valence-electron chi connectivity index (χ1n) is 12.0. The van der Waals surface area contributed by atoms with Gasteiger partial charge in [-0.15, -0.1) is 0 Å². The quantitative estimate of drug-likeness (QED) is 0.446. The van der Waals surface area contributed by atoms with Gasteiger partial charge in [0.15, 0.2) is 0 Å². The smallest absolute Gasteiger partial charge is 0.382 e. The molecule has 2 N–H and O–H groups in total. The highest BCUT2D eigenvalue weighted by Gasteiger charge is 2.34. The van der Waals surface area contributed by atoms with E-state index < -0.39 is 11.7 Å². The SMILES string of the molecule is FC(F)(F)c1cc(NC2CCN(CCN3CCNCC3)CC2)c2c(c1)Sc1cc(Br)ccc1C2. The zero-order chi connectivity index (χ0) is 23.7. The number of hydrogen-bond donors (Lipinski definition) is 2. The molecule has 0 unspecified atom stereocenters. The molecule has 3 heterocycles. The van der Waals surface area contributed by atoms with E-state index in [0.29, 0.717) is 17.0 Å². The number of likely N-dealkylation sites (tertiary alicyclic amines) is 1. The number of piperazine rings is 1. The van der Waals surface area contributed by atoms with Crippen molar-refractivity contribution < 1.29 is 13.2 Å². The minimum Gasteiger partial charge on any atom is -0.382 e. The number of nitrogens with zero attached hydrogens (tertiary/aromatic N) is 2. The number of rotatable bonds is 5. The van der Waals surface area contributed by atoms with Gasteiger partial charge in [-0.2, -0.15) is 13.2 Å². The maximum Gasteiger partial charge on any atom is 0.416 e. The van der Waals surface area contributed by atoms with E-state index in [1.54, 1.807) is 0 Å². The molecule has 34 heavy (non-hydrogen) atoms. The van der Waals surface area contributed by atoms with Crippen molar-refractivity contribution in [2.24, 2.45) is 0 Å². The van der Waals surface area contributed by atoms with Gasteiger partial charge >= 0.3 is 6.18 Å². The molecule has 2 aromatic rings. The molecule has 2 saturated heterocycles. The lowest BCUT2D eigenvalue weighted by molar-refractivity contribution is -0.137. The van der Waals surface area contributed by atoms with Gasteiger partial charge in [0.2, 0.25) is 0 Å². The van der Waals surface area contributed by atoms with Crippen LogP contribution >= 0.6 is 27.7 Å². The molecule has 9 heteroatoms. The van der Waals surface area contributed by atoms with E-state index in [1.807, 2.05) is 12.1 Å². The summed E-state index contributed by atoms with van der Waals surface area (Å²) in [6.45, 7) is 8.46. The average molecular weight is 556 g/mol. The van der Waals surface area contributed by atoms with Gasteiger partial charge in [0.25, 0.3) is 0 Å². The van der Waals surface area contributed by atoms with Gasteiger partial charge in [-0.05, 0) is 48.2 Å². The third kappa shape index (κ3) is 5.75. The summed E-state index contributed by atoms with van der Waals surface area (Å²) in [7, 11) is 0. The summed E-state index contributed by atoms with van der Waals surface area (Å²) in [5.41, 5.74) is 2.21. The van der Waals surface area contributed by atoms with Crippen LogP contribution < -0.4 is 10.6 Å². The number of piperidine rings is 1. The molecule has 0 atom stereocenters. The van der Waals surface area contributed by atoms with Crippen molar-refractivity contribution >= 4 is 33.4 Å². The molecule has 5 rings (SSSR count). The molecule has 3 aliphatic heterocycles. The second-order valence-corrected chi connectivity index (χ2v) is 11.4. The largest absolute Gasteiger partial charge is 0.416 e. The monoisotopic (exact) mass is 554 g/mol. The minimum atomic E-state index is -4.36. The van der Waals surface area contributed by atoms with Crippen molar-refractivity contribution in [2.45, 2.75) is 41.3 Å². The van der Waals surface area contributed by atoms with Gasteiger partial charge in [0.05, 0.1) is 5.56 Å². The van der Waals surface area contributed by atoms with Crippen LogP contribution in [-0.4, -0.2) is 68.2 Å². The van der Waals surface area contributed by atoms with Crippen molar-refractivity contribution in [3.63, 3.8) is 0 Å². The van der Waals surface area contributed by atoms with E-state index in [0.717, 1.165) is 85.7 Å². The van der Waals surface area contributed by atoms with E-state index in [-0.39, 0.29) is 6.04 Å². The zero-order valence-electron chi connectivity index (χ0n) is 19.1. The molecule has 184 valence electrons. The lowest BCUT2D eigenvalue weighted by Crippen LogP contribution is -2.48. The Bertz CT molecular complexity index is 1020. The van der Waals surface area contributed by atoms with Crippen molar-refractivity contribution in [3.05, 3.63) is 51.5 Å². The number of benzene rings is 2. The van der Waals surface area contributed by atoms with Gasteiger partial charge in [-0.1, -0.05) is 33.8 Å². The van der Waals surface area contributed by atoms with E-state index in [9.17, 15) is 13.2 Å². The molecule has 0 amide bonds. The second-order valence-electron chi connectivity index (χ2n) is 9.38. The van der Waals surface area contributed by atoms with Gasteiger partial charge in [-0.3, -0.25) is 4.90 Å². The van der Waals surface area contributed by atoms with Gasteiger partial charge in [0.1, 0.15) is 0 Å². The molecule has 0 spiro atoms. The molecule has 4 nitrogen and oxygen atoms in total. The minimum absolute atomic E-state index is 0.194. The van der Waals surface area contributed by atoms with Crippen molar-refractivity contribution in [1.82, 2.24) is 15.1 Å². The Morgan fingerprint density at radius 3 is 2.38 bits per heavy atom. The highest BCUT2D eigenvalue weighted by atomic mass is 79.9. The zero-order valence-corrected chi connectivity index (χ0v) is 21.5. The van der Waals surface area contributed by atoms with Crippen LogP contribution in [0.2, 0.25) is 0 Å². The van der Waals surface area contributed by atoms with Crippen LogP contribution in [0.25, 0.3) is 0 Å². The maximum absolute atomic E-state index is 13.7. The first-order valence-corrected chi connectivity index (χ1v) is 13.6. The summed E-state index contributed by atoms with van der Waals surface area (Å²) in [4.78, 5) is 6.72. The molecular weight excluding hydrogens is 525 g/mol. The first-order chi connectivity index (χ1) is 16.3. The molecule has 3 aliphatic rings. The van der Waals surface area contributed by atoms with Crippen LogP contribution in [0, 0.1) is 0 Å². The number of alkyl halides is 3.